The summed E-state index contributed by atoms with van der Waals surface area (Å²) in [5, 5.41) is 23.7. The van der Waals surface area contributed by atoms with Gasteiger partial charge in [0.05, 0.1) is 25.2 Å². The summed E-state index contributed by atoms with van der Waals surface area (Å²) in [6, 6.07) is -0.724. The first-order valence-electron chi connectivity index (χ1n) is 25.8. The molecule has 0 fully saturated rings. The molecule has 3 unspecified atom stereocenters. The number of nitrogens with one attached hydrogen (secondary N) is 1. The van der Waals surface area contributed by atoms with Crippen LogP contribution in [0.25, 0.3) is 0 Å². The van der Waals surface area contributed by atoms with Crippen LogP contribution in [0.5, 0.6) is 0 Å². The lowest BCUT2D eigenvalue weighted by Gasteiger charge is -2.24. The van der Waals surface area contributed by atoms with Crippen LogP contribution in [0.15, 0.2) is 85.1 Å². The number of ether oxygens (including phenoxy) is 1. The zero-order valence-corrected chi connectivity index (χ0v) is 40.5. The second-order valence-electron chi connectivity index (χ2n) is 17.2. The summed E-state index contributed by atoms with van der Waals surface area (Å²) in [6.07, 6.45) is 63.7. The highest BCUT2D eigenvalue weighted by Crippen LogP contribution is 2.16. The molecule has 0 radical (unpaired) electrons. The average molecular weight is 864 g/mol. The van der Waals surface area contributed by atoms with Gasteiger partial charge in [-0.3, -0.25) is 9.59 Å². The van der Waals surface area contributed by atoms with Gasteiger partial charge in [0.1, 0.15) is 6.10 Å². The molecular weight excluding hydrogens is 767 g/mol. The number of unbranched alkanes of at least 4 members (excludes halogenated alkanes) is 19. The lowest BCUT2D eigenvalue weighted by atomic mass is 10.0. The van der Waals surface area contributed by atoms with E-state index in [1.807, 2.05) is 6.08 Å². The molecule has 0 aromatic carbocycles. The Morgan fingerprint density at radius 2 is 0.871 bits per heavy atom. The van der Waals surface area contributed by atoms with Gasteiger partial charge in [-0.25, -0.2) is 0 Å². The molecule has 62 heavy (non-hydrogen) atoms. The van der Waals surface area contributed by atoms with Gasteiger partial charge in [0, 0.05) is 6.42 Å². The molecule has 1 amide bonds. The fourth-order valence-corrected chi connectivity index (χ4v) is 7.33. The Morgan fingerprint density at radius 3 is 1.34 bits per heavy atom. The topological polar surface area (TPSA) is 95.9 Å². The standard InChI is InChI=1S/C56H97NO5/c1-4-7-10-13-16-19-22-24-26-27-28-29-30-32-34-37-40-43-46-49-56(61)62-52(47-44-41-38-35-33-31-25-23-20-17-14-11-8-5-2)50-55(60)57-53(51-58)54(59)48-45-42-39-36-21-18-15-12-9-6-3/h7,10,16,19,24,26,28-29,31-34,40,43,52-54,58-59H,4-6,8-9,11-15,17-18,20-23,25,27,30,35-39,41-42,44-51H2,1-3H3,(H,57,60)/b10-7-,19-16-,26-24-,29-28-,33-31+,34-32-,43-40-. The molecule has 0 bridgehead atoms. The molecule has 0 saturated carbocycles. The highest BCUT2D eigenvalue weighted by molar-refractivity contribution is 5.77. The number of carbonyl (C=O) groups is 2. The molecule has 356 valence electrons. The zero-order valence-electron chi connectivity index (χ0n) is 40.5. The normalized spacial score (nSPS) is 14.0. The number of hydrogen-bond donors (Lipinski definition) is 3. The first kappa shape index (κ1) is 59.0. The third-order valence-corrected chi connectivity index (χ3v) is 11.2. The van der Waals surface area contributed by atoms with E-state index >= 15 is 0 Å². The molecule has 0 spiro atoms. The number of esters is 1. The van der Waals surface area contributed by atoms with Gasteiger partial charge in [-0.1, -0.05) is 215 Å². The minimum Gasteiger partial charge on any atom is -0.462 e. The van der Waals surface area contributed by atoms with Gasteiger partial charge in [0.2, 0.25) is 5.91 Å². The van der Waals surface area contributed by atoms with Crippen molar-refractivity contribution in [2.45, 2.75) is 251 Å². The molecule has 0 rings (SSSR count). The van der Waals surface area contributed by atoms with E-state index in [1.54, 1.807) is 0 Å². The van der Waals surface area contributed by atoms with Crippen LogP contribution in [0.2, 0.25) is 0 Å². The second kappa shape index (κ2) is 49.1. The highest BCUT2D eigenvalue weighted by atomic mass is 16.5. The van der Waals surface area contributed by atoms with Gasteiger partial charge in [-0.05, 0) is 89.9 Å². The Kier molecular flexibility index (Phi) is 46.7. The van der Waals surface area contributed by atoms with E-state index in [1.165, 1.54) is 89.9 Å². The predicted molar refractivity (Wildman–Crippen MR) is 268 cm³/mol. The van der Waals surface area contributed by atoms with Crippen molar-refractivity contribution in [2.24, 2.45) is 0 Å². The SMILES string of the molecule is CC/C=C\C/C=C\C/C=C\C/C=C\C/C=C\C/C=C\CCC(=O)OC(CCCCC/C=C/CCCCCCCCC)CC(=O)NC(CO)C(O)CCCCCCCCCCCC. The number of aliphatic hydroxyl groups excluding tert-OH is 2. The molecule has 0 heterocycles. The predicted octanol–water partition coefficient (Wildman–Crippen LogP) is 15.6. The summed E-state index contributed by atoms with van der Waals surface area (Å²) >= 11 is 0. The summed E-state index contributed by atoms with van der Waals surface area (Å²) in [6.45, 7) is 6.33. The molecule has 0 aliphatic rings. The van der Waals surface area contributed by atoms with Gasteiger partial charge in [0.25, 0.3) is 0 Å². The van der Waals surface area contributed by atoms with E-state index in [9.17, 15) is 19.8 Å². The fraction of sp³-hybridized carbons (Fsp3) is 0.714. The summed E-state index contributed by atoms with van der Waals surface area (Å²) < 4.78 is 5.88. The lowest BCUT2D eigenvalue weighted by molar-refractivity contribution is -0.150. The van der Waals surface area contributed by atoms with Crippen LogP contribution in [0.4, 0.5) is 0 Å². The van der Waals surface area contributed by atoms with Crippen LogP contribution in [-0.4, -0.2) is 46.9 Å². The molecule has 0 aliphatic carbocycles. The van der Waals surface area contributed by atoms with Crippen molar-refractivity contribution < 1.29 is 24.5 Å². The maximum Gasteiger partial charge on any atom is 0.306 e. The summed E-state index contributed by atoms with van der Waals surface area (Å²) in [4.78, 5) is 26.1. The highest BCUT2D eigenvalue weighted by Gasteiger charge is 2.24. The number of carbonyl (C=O) groups excluding carboxylic acids is 2. The molecule has 3 atom stereocenters. The first-order valence-corrected chi connectivity index (χ1v) is 25.8. The molecular formula is C56H97NO5. The van der Waals surface area contributed by atoms with Crippen molar-refractivity contribution in [3.63, 3.8) is 0 Å². The number of allylic oxidation sites excluding steroid dienone is 14. The average Bonchev–Trinajstić information content (AvgIpc) is 3.26. The maximum absolute atomic E-state index is 13.2. The zero-order chi connectivity index (χ0) is 45.2. The van der Waals surface area contributed by atoms with E-state index in [-0.39, 0.29) is 31.3 Å². The van der Waals surface area contributed by atoms with Crippen LogP contribution in [0.1, 0.15) is 233 Å². The third-order valence-electron chi connectivity index (χ3n) is 11.2. The quantitative estimate of drug-likeness (QED) is 0.0322. The second-order valence-corrected chi connectivity index (χ2v) is 17.2. The molecule has 6 nitrogen and oxygen atoms in total. The van der Waals surface area contributed by atoms with E-state index in [0.29, 0.717) is 19.3 Å². The van der Waals surface area contributed by atoms with Crippen molar-refractivity contribution in [1.29, 1.82) is 0 Å². The Balaban J connectivity index is 4.73. The van der Waals surface area contributed by atoms with E-state index < -0.39 is 18.2 Å². The van der Waals surface area contributed by atoms with E-state index in [0.717, 1.165) is 89.9 Å². The minimum absolute atomic E-state index is 0.0332. The molecule has 0 aliphatic heterocycles. The van der Waals surface area contributed by atoms with Gasteiger partial charge < -0.3 is 20.3 Å². The molecule has 0 aromatic heterocycles. The van der Waals surface area contributed by atoms with Crippen molar-refractivity contribution in [2.75, 3.05) is 6.61 Å². The van der Waals surface area contributed by atoms with Crippen LogP contribution in [0, 0.1) is 0 Å². The molecule has 3 N–H and O–H groups in total. The van der Waals surface area contributed by atoms with Crippen molar-refractivity contribution in [3.05, 3.63) is 85.1 Å². The van der Waals surface area contributed by atoms with Crippen LogP contribution >= 0.6 is 0 Å². The third kappa shape index (κ3) is 43.7. The number of aliphatic hydroxyl groups is 2. The van der Waals surface area contributed by atoms with Crippen molar-refractivity contribution in [1.82, 2.24) is 5.32 Å². The van der Waals surface area contributed by atoms with Gasteiger partial charge in [-0.2, -0.15) is 0 Å². The Bertz CT molecular complexity index is 1200. The molecule has 6 heteroatoms. The number of hydrogen-bond acceptors (Lipinski definition) is 5. The Labute approximate surface area is 383 Å². The van der Waals surface area contributed by atoms with Crippen LogP contribution in [-0.2, 0) is 14.3 Å². The smallest absolute Gasteiger partial charge is 0.306 e. The van der Waals surface area contributed by atoms with Crippen molar-refractivity contribution in [3.8, 4) is 0 Å². The Morgan fingerprint density at radius 1 is 0.484 bits per heavy atom. The minimum atomic E-state index is -0.806. The summed E-state index contributed by atoms with van der Waals surface area (Å²) in [5.41, 5.74) is 0. The first-order chi connectivity index (χ1) is 30.5. The van der Waals surface area contributed by atoms with Gasteiger partial charge in [0.15, 0.2) is 0 Å². The number of amides is 1. The summed E-state index contributed by atoms with van der Waals surface area (Å²) in [5.74, 6) is -0.593. The maximum atomic E-state index is 13.2. The van der Waals surface area contributed by atoms with E-state index in [4.69, 9.17) is 4.74 Å². The number of rotatable bonds is 45. The lowest BCUT2D eigenvalue weighted by Crippen LogP contribution is -2.46. The van der Waals surface area contributed by atoms with Crippen molar-refractivity contribution >= 4 is 11.9 Å². The fourth-order valence-electron chi connectivity index (χ4n) is 7.33. The Hall–Kier alpha value is -2.96. The summed E-state index contributed by atoms with van der Waals surface area (Å²) in [7, 11) is 0. The largest absolute Gasteiger partial charge is 0.462 e. The van der Waals surface area contributed by atoms with Gasteiger partial charge >= 0.3 is 5.97 Å². The van der Waals surface area contributed by atoms with Gasteiger partial charge in [-0.15, -0.1) is 0 Å². The monoisotopic (exact) mass is 864 g/mol. The molecule has 0 saturated heterocycles. The van der Waals surface area contributed by atoms with Crippen LogP contribution in [0.3, 0.4) is 0 Å². The van der Waals surface area contributed by atoms with Crippen LogP contribution < -0.4 is 5.32 Å². The van der Waals surface area contributed by atoms with E-state index in [2.05, 4.69) is 105 Å². The molecule has 0 aromatic rings.